The Kier molecular flexibility index (Phi) is 6.91. The summed E-state index contributed by atoms with van der Waals surface area (Å²) in [5, 5.41) is 25.3. The van der Waals surface area contributed by atoms with E-state index < -0.39 is 58.9 Å². The predicted molar refractivity (Wildman–Crippen MR) is 164 cm³/mol. The maximum atomic E-state index is 17.6. The van der Waals surface area contributed by atoms with Gasteiger partial charge in [0.1, 0.15) is 12.4 Å². The van der Waals surface area contributed by atoms with E-state index in [1.54, 1.807) is 19.2 Å². The fourth-order valence-electron chi connectivity index (χ4n) is 9.44. The van der Waals surface area contributed by atoms with E-state index in [0.717, 1.165) is 5.56 Å². The van der Waals surface area contributed by atoms with Gasteiger partial charge in [-0.15, -0.1) is 0 Å². The molecule has 4 aliphatic carbocycles. The van der Waals surface area contributed by atoms with Crippen molar-refractivity contribution in [2.75, 3.05) is 17.7 Å². The summed E-state index contributed by atoms with van der Waals surface area (Å²) in [4.78, 5) is 30.4. The number of nitrogens with one attached hydrogen (secondary N) is 1. The maximum Gasteiger partial charge on any atom is 0.193 e. The number of nitrogens with two attached hydrogens (primary N) is 1. The Bertz CT molecular complexity index is 1600. The number of carbonyl (C=O) groups is 2. The van der Waals surface area contributed by atoms with Crippen LogP contribution in [0.2, 0.25) is 0 Å². The van der Waals surface area contributed by atoms with Gasteiger partial charge in [-0.25, -0.2) is 9.37 Å². The molecule has 5 N–H and O–H groups in total. The van der Waals surface area contributed by atoms with E-state index in [4.69, 9.17) is 15.2 Å². The Morgan fingerprint density at radius 1 is 1.20 bits per heavy atom. The zero-order valence-electron chi connectivity index (χ0n) is 25.7. The number of pyridine rings is 1. The number of carbonyl (C=O) groups excluding carboxylic acids is 2. The normalized spacial score (nSPS) is 40.5. The van der Waals surface area contributed by atoms with Gasteiger partial charge in [-0.1, -0.05) is 30.7 Å². The summed E-state index contributed by atoms with van der Waals surface area (Å²) in [6.07, 6.45) is 4.24. The van der Waals surface area contributed by atoms with Gasteiger partial charge < -0.3 is 30.7 Å². The molecule has 1 saturated heterocycles. The number of aliphatic hydroxyl groups excluding tert-OH is 2. The van der Waals surface area contributed by atoms with Crippen LogP contribution in [0.25, 0.3) is 0 Å². The number of fused-ring (bicyclic) bond motifs is 7. The van der Waals surface area contributed by atoms with Crippen molar-refractivity contribution in [3.8, 4) is 0 Å². The summed E-state index contributed by atoms with van der Waals surface area (Å²) < 4.78 is 30.6. The third-order valence-corrected chi connectivity index (χ3v) is 11.8. The van der Waals surface area contributed by atoms with Crippen molar-refractivity contribution in [2.45, 2.75) is 82.3 Å². The van der Waals surface area contributed by atoms with E-state index in [1.807, 2.05) is 50.2 Å². The minimum absolute atomic E-state index is 0.0248. The molecule has 1 aromatic carbocycles. The van der Waals surface area contributed by atoms with Crippen LogP contribution in [0.1, 0.15) is 69.9 Å². The number of nitrogens with zero attached hydrogens (tertiary/aromatic N) is 1. The SMILES string of the molecule is C[C@H](Nc1ccc([C@@H]2O[C@@H]3CC4[C@@H]5CCC6=CC(=O)C=C[C@]6(C)[C@@]5(F)[C@@H](O)C[C@]4(C)[C@]3(C(=O)CO)O2)cn1)c1ccc(N)cc1. The summed E-state index contributed by atoms with van der Waals surface area (Å²) in [7, 11) is 0. The topological polar surface area (TPSA) is 144 Å². The van der Waals surface area contributed by atoms with Crippen molar-refractivity contribution in [1.82, 2.24) is 4.98 Å². The number of benzene rings is 1. The van der Waals surface area contributed by atoms with Crippen LogP contribution in [-0.4, -0.2) is 56.8 Å². The molecule has 0 amide bonds. The number of alkyl halides is 1. The molecule has 238 valence electrons. The molecule has 3 saturated carbocycles. The lowest BCUT2D eigenvalue weighted by Gasteiger charge is -2.62. The Balaban J connectivity index is 1.16. The number of Topliss-reactive ketones (excluding diaryl/α,β-unsaturated/α-hetero) is 1. The van der Waals surface area contributed by atoms with Gasteiger partial charge >= 0.3 is 0 Å². The zero-order chi connectivity index (χ0) is 31.9. The highest BCUT2D eigenvalue weighted by atomic mass is 19.1. The van der Waals surface area contributed by atoms with Crippen molar-refractivity contribution in [1.29, 1.82) is 0 Å². The van der Waals surface area contributed by atoms with Crippen LogP contribution in [0, 0.1) is 22.7 Å². The molecule has 7 rings (SSSR count). The quantitative estimate of drug-likeness (QED) is 0.344. The molecule has 2 heterocycles. The summed E-state index contributed by atoms with van der Waals surface area (Å²) >= 11 is 0. The van der Waals surface area contributed by atoms with Crippen molar-refractivity contribution >= 4 is 23.1 Å². The molecule has 9 nitrogen and oxygen atoms in total. The molecule has 10 atom stereocenters. The predicted octanol–water partition coefficient (Wildman–Crippen LogP) is 4.53. The highest BCUT2D eigenvalue weighted by Crippen LogP contribution is 2.72. The van der Waals surface area contributed by atoms with Crippen molar-refractivity contribution in [3.63, 3.8) is 0 Å². The average Bonchev–Trinajstić information content (AvgIpc) is 3.52. The minimum atomic E-state index is -2.05. The van der Waals surface area contributed by atoms with Gasteiger partial charge in [0, 0.05) is 40.2 Å². The Labute approximate surface area is 261 Å². The molecule has 0 radical (unpaired) electrons. The molecular formula is C35H40FN3O6. The third-order valence-electron chi connectivity index (χ3n) is 11.8. The highest BCUT2D eigenvalue weighted by molar-refractivity contribution is 6.01. The Hall–Kier alpha value is -3.44. The lowest BCUT2D eigenvalue weighted by atomic mass is 9.44. The fraction of sp³-hybridized carbons (Fsp3) is 0.514. The van der Waals surface area contributed by atoms with Crippen molar-refractivity contribution in [3.05, 3.63) is 77.5 Å². The third kappa shape index (κ3) is 4.08. The van der Waals surface area contributed by atoms with Crippen molar-refractivity contribution < 1.29 is 33.7 Å². The van der Waals surface area contributed by atoms with Gasteiger partial charge in [0.25, 0.3) is 0 Å². The van der Waals surface area contributed by atoms with Crippen LogP contribution < -0.4 is 11.1 Å². The van der Waals surface area contributed by atoms with Crippen LogP contribution in [0.4, 0.5) is 15.9 Å². The van der Waals surface area contributed by atoms with Gasteiger partial charge in [-0.2, -0.15) is 0 Å². The lowest BCUT2D eigenvalue weighted by Crippen LogP contribution is -2.69. The molecule has 2 aromatic rings. The van der Waals surface area contributed by atoms with E-state index in [2.05, 4.69) is 10.3 Å². The average molecular weight is 618 g/mol. The van der Waals surface area contributed by atoms with Crippen LogP contribution >= 0.6 is 0 Å². The van der Waals surface area contributed by atoms with Gasteiger partial charge in [0.2, 0.25) is 0 Å². The van der Waals surface area contributed by atoms with Crippen molar-refractivity contribution in [2.24, 2.45) is 22.7 Å². The van der Waals surface area contributed by atoms with Gasteiger partial charge in [-0.05, 0) is 87.4 Å². The standard InChI is InChI=1S/C35H40FN3O6/c1-19(20-4-8-23(37)9-5-20)39-30-11-6-21(17-38-30)31-44-29-15-26-25-10-7-22-14-24(41)12-13-32(22,2)34(25,36)27(42)16-33(26,3)35(29,45-31)28(43)18-40/h4-6,8-9,11-14,17,19,25-27,29,31,40,42H,7,10,15-16,18,37H2,1-3H3,(H,38,39)/t19-,25-,26?,27-,29+,31+,32-,33-,34-,35+/m0/s1. The number of rotatable bonds is 6. The number of aliphatic hydroxyl groups is 2. The second-order valence-electron chi connectivity index (χ2n) is 13.9. The molecular weight excluding hydrogens is 577 g/mol. The number of allylic oxidation sites excluding steroid dienone is 4. The molecule has 0 spiro atoms. The molecule has 4 fully saturated rings. The Morgan fingerprint density at radius 2 is 1.96 bits per heavy atom. The summed E-state index contributed by atoms with van der Waals surface area (Å²) in [6.45, 7) is 4.88. The van der Waals surface area contributed by atoms with E-state index in [1.165, 1.54) is 12.2 Å². The highest BCUT2D eigenvalue weighted by Gasteiger charge is 2.79. The number of ketones is 2. The fourth-order valence-corrected chi connectivity index (χ4v) is 9.44. The number of hydrogen-bond acceptors (Lipinski definition) is 9. The van der Waals surface area contributed by atoms with E-state index in [-0.39, 0.29) is 24.2 Å². The van der Waals surface area contributed by atoms with E-state index in [9.17, 15) is 19.8 Å². The number of hydrogen-bond donors (Lipinski definition) is 4. The first-order valence-corrected chi connectivity index (χ1v) is 15.7. The second kappa shape index (κ2) is 10.3. The van der Waals surface area contributed by atoms with Crippen LogP contribution in [0.15, 0.2) is 66.4 Å². The summed E-state index contributed by atoms with van der Waals surface area (Å²) in [5.41, 5.74) is 3.07. The van der Waals surface area contributed by atoms with Gasteiger partial charge in [0.15, 0.2) is 29.1 Å². The Morgan fingerprint density at radius 3 is 2.64 bits per heavy atom. The zero-order valence-corrected chi connectivity index (χ0v) is 25.7. The van der Waals surface area contributed by atoms with Gasteiger partial charge in [0.05, 0.1) is 12.2 Å². The minimum Gasteiger partial charge on any atom is -0.399 e. The molecule has 1 aliphatic heterocycles. The molecule has 5 aliphatic rings. The number of nitrogen functional groups attached to an aromatic ring is 1. The first kappa shape index (κ1) is 30.2. The molecule has 1 unspecified atom stereocenters. The number of ether oxygens (including phenoxy) is 2. The largest absolute Gasteiger partial charge is 0.399 e. The monoisotopic (exact) mass is 617 g/mol. The summed E-state index contributed by atoms with van der Waals surface area (Å²) in [6, 6.07) is 11.2. The molecule has 0 bridgehead atoms. The molecule has 1 aromatic heterocycles. The van der Waals surface area contributed by atoms with Crippen LogP contribution in [0.5, 0.6) is 0 Å². The first-order chi connectivity index (χ1) is 21.4. The van der Waals surface area contributed by atoms with Gasteiger partial charge in [-0.3, -0.25) is 9.59 Å². The number of anilines is 2. The molecule has 10 heteroatoms. The molecule has 45 heavy (non-hydrogen) atoms. The van der Waals surface area contributed by atoms with Crippen LogP contribution in [-0.2, 0) is 19.1 Å². The van der Waals surface area contributed by atoms with E-state index >= 15 is 4.39 Å². The smallest absolute Gasteiger partial charge is 0.193 e. The second-order valence-corrected chi connectivity index (χ2v) is 13.9. The van der Waals surface area contributed by atoms with E-state index in [0.29, 0.717) is 41.9 Å². The number of halogens is 1. The summed E-state index contributed by atoms with van der Waals surface area (Å²) in [5.74, 6) is -1.04. The number of aromatic nitrogens is 1. The first-order valence-electron chi connectivity index (χ1n) is 15.7. The van der Waals surface area contributed by atoms with Crippen LogP contribution in [0.3, 0.4) is 0 Å². The lowest BCUT2D eigenvalue weighted by molar-refractivity contribution is -0.231. The maximum absolute atomic E-state index is 17.6.